The highest BCUT2D eigenvalue weighted by atomic mass is 79.9. The largest absolute Gasteiger partial charge is 0.362 e. The van der Waals surface area contributed by atoms with Crippen LogP contribution in [0.2, 0.25) is 0 Å². The Kier molecular flexibility index (Phi) is 3.48. The average Bonchev–Trinajstić information content (AvgIpc) is 2.80. The van der Waals surface area contributed by atoms with Crippen molar-refractivity contribution >= 4 is 39.0 Å². The maximum atomic E-state index is 12.1. The van der Waals surface area contributed by atoms with Crippen LogP contribution in [-0.4, -0.2) is 40.1 Å². The van der Waals surface area contributed by atoms with Crippen molar-refractivity contribution in [1.29, 1.82) is 0 Å². The zero-order valence-electron chi connectivity index (χ0n) is 9.91. The van der Waals surface area contributed by atoms with Gasteiger partial charge in [-0.1, -0.05) is 0 Å². The van der Waals surface area contributed by atoms with Gasteiger partial charge in [0.2, 0.25) is 0 Å². The fraction of sp³-hybridized carbons (Fsp3) is 0.250. The van der Waals surface area contributed by atoms with Gasteiger partial charge in [-0.2, -0.15) is 5.10 Å². The van der Waals surface area contributed by atoms with Crippen molar-refractivity contribution in [1.82, 2.24) is 15.1 Å². The van der Waals surface area contributed by atoms with E-state index >= 15 is 0 Å². The van der Waals surface area contributed by atoms with Crippen molar-refractivity contribution in [3.8, 4) is 0 Å². The van der Waals surface area contributed by atoms with Crippen molar-refractivity contribution in [3.63, 3.8) is 0 Å². The summed E-state index contributed by atoms with van der Waals surface area (Å²) in [5.74, 6) is 0.839. The number of halogens is 1. The van der Waals surface area contributed by atoms with Gasteiger partial charge in [0, 0.05) is 29.1 Å². The third kappa shape index (κ3) is 2.76. The molecule has 19 heavy (non-hydrogen) atoms. The number of hydrogen-bond acceptors (Lipinski definition) is 5. The molecule has 98 valence electrons. The summed E-state index contributed by atoms with van der Waals surface area (Å²) >= 11 is 4.82. The number of amides is 1. The molecular weight excluding hydrogens is 328 g/mol. The highest BCUT2D eigenvalue weighted by Gasteiger charge is 2.31. The van der Waals surface area contributed by atoms with Crippen LogP contribution in [0.15, 0.2) is 34.2 Å². The van der Waals surface area contributed by atoms with Crippen LogP contribution in [0.3, 0.4) is 0 Å². The zero-order chi connectivity index (χ0) is 13.2. The van der Waals surface area contributed by atoms with Crippen molar-refractivity contribution in [2.75, 3.05) is 18.4 Å². The predicted octanol–water partition coefficient (Wildman–Crippen LogP) is 2.24. The fourth-order valence-corrected chi connectivity index (χ4v) is 3.30. The summed E-state index contributed by atoms with van der Waals surface area (Å²) in [6.45, 7) is 1.40. The van der Waals surface area contributed by atoms with Gasteiger partial charge in [-0.15, -0.1) is 16.4 Å². The van der Waals surface area contributed by atoms with Crippen LogP contribution < -0.4 is 5.32 Å². The van der Waals surface area contributed by atoms with Gasteiger partial charge >= 0.3 is 0 Å². The van der Waals surface area contributed by atoms with E-state index in [1.54, 1.807) is 6.20 Å². The fourth-order valence-electron chi connectivity index (χ4n) is 1.90. The van der Waals surface area contributed by atoms with E-state index in [1.807, 2.05) is 28.5 Å². The number of thiophene rings is 1. The molecule has 0 bridgehead atoms. The van der Waals surface area contributed by atoms with Crippen LogP contribution in [-0.2, 0) is 0 Å². The third-order valence-corrected chi connectivity index (χ3v) is 4.55. The first-order valence-electron chi connectivity index (χ1n) is 5.80. The molecule has 5 nitrogen and oxygen atoms in total. The smallest absolute Gasteiger partial charge is 0.264 e. The molecule has 0 saturated carbocycles. The van der Waals surface area contributed by atoms with Crippen LogP contribution in [0.1, 0.15) is 9.67 Å². The minimum atomic E-state index is 0.0906. The number of rotatable bonds is 3. The molecule has 0 atom stereocenters. The monoisotopic (exact) mass is 338 g/mol. The standard InChI is InChI=1S/C12H11BrN4OS/c13-8-4-10(19-7-8)12(18)17-5-9(6-17)15-11-2-1-3-14-16-11/h1-4,7,9H,5-6H2,(H,15,16). The molecule has 0 aliphatic carbocycles. The minimum Gasteiger partial charge on any atom is -0.362 e. The average molecular weight is 339 g/mol. The van der Waals surface area contributed by atoms with E-state index in [0.29, 0.717) is 13.1 Å². The molecule has 0 unspecified atom stereocenters. The second-order valence-corrected chi connectivity index (χ2v) is 6.12. The minimum absolute atomic E-state index is 0.0906. The number of nitrogens with zero attached hydrogens (tertiary/aromatic N) is 3. The lowest BCUT2D eigenvalue weighted by Gasteiger charge is -2.39. The molecule has 2 aromatic heterocycles. The summed E-state index contributed by atoms with van der Waals surface area (Å²) in [6.07, 6.45) is 1.64. The van der Waals surface area contributed by atoms with E-state index in [9.17, 15) is 4.79 Å². The summed E-state index contributed by atoms with van der Waals surface area (Å²) in [4.78, 5) is 14.7. The van der Waals surface area contributed by atoms with Crippen LogP contribution in [0, 0.1) is 0 Å². The van der Waals surface area contributed by atoms with Gasteiger partial charge in [-0.05, 0) is 34.1 Å². The maximum absolute atomic E-state index is 12.1. The first-order valence-corrected chi connectivity index (χ1v) is 7.47. The number of carbonyl (C=O) groups is 1. The number of nitrogens with one attached hydrogen (secondary N) is 1. The Labute approximate surface area is 122 Å². The molecule has 1 saturated heterocycles. The van der Waals surface area contributed by atoms with Gasteiger partial charge < -0.3 is 10.2 Å². The molecular formula is C12H11BrN4OS. The molecule has 1 aliphatic heterocycles. The van der Waals surface area contributed by atoms with E-state index in [4.69, 9.17) is 0 Å². The van der Waals surface area contributed by atoms with Crippen molar-refractivity contribution in [2.24, 2.45) is 0 Å². The van der Waals surface area contributed by atoms with Crippen LogP contribution >= 0.6 is 27.3 Å². The molecule has 2 aromatic rings. The highest BCUT2D eigenvalue weighted by molar-refractivity contribution is 9.10. The maximum Gasteiger partial charge on any atom is 0.264 e. The molecule has 0 aromatic carbocycles. The predicted molar refractivity (Wildman–Crippen MR) is 77.4 cm³/mol. The Morgan fingerprint density at radius 1 is 1.53 bits per heavy atom. The molecule has 0 radical (unpaired) electrons. The topological polar surface area (TPSA) is 58.1 Å². The SMILES string of the molecule is O=C(c1cc(Br)cs1)N1CC(Nc2cccnn2)C1. The third-order valence-electron chi connectivity index (χ3n) is 2.87. The van der Waals surface area contributed by atoms with E-state index in [1.165, 1.54) is 11.3 Å². The number of carbonyl (C=O) groups excluding carboxylic acids is 1. The van der Waals surface area contributed by atoms with Crippen molar-refractivity contribution in [3.05, 3.63) is 39.1 Å². The second kappa shape index (κ2) is 5.26. The number of likely N-dealkylation sites (tertiary alicyclic amines) is 1. The zero-order valence-corrected chi connectivity index (χ0v) is 12.3. The van der Waals surface area contributed by atoms with Crippen LogP contribution in [0.25, 0.3) is 0 Å². The number of hydrogen-bond donors (Lipinski definition) is 1. The van der Waals surface area contributed by atoms with Crippen molar-refractivity contribution < 1.29 is 4.79 Å². The molecule has 1 aliphatic rings. The van der Waals surface area contributed by atoms with E-state index in [2.05, 4.69) is 31.4 Å². The Morgan fingerprint density at radius 3 is 3.00 bits per heavy atom. The molecule has 0 spiro atoms. The molecule has 1 amide bonds. The van der Waals surface area contributed by atoms with Gasteiger partial charge in [0.1, 0.15) is 5.82 Å². The first kappa shape index (κ1) is 12.6. The van der Waals surface area contributed by atoms with Gasteiger partial charge in [0.05, 0.1) is 10.9 Å². The molecule has 3 heterocycles. The Morgan fingerprint density at radius 2 is 2.37 bits per heavy atom. The number of aromatic nitrogens is 2. The summed E-state index contributed by atoms with van der Waals surface area (Å²) in [6, 6.07) is 5.81. The van der Waals surface area contributed by atoms with Crippen molar-refractivity contribution in [2.45, 2.75) is 6.04 Å². The van der Waals surface area contributed by atoms with Crippen LogP contribution in [0.4, 0.5) is 5.82 Å². The lowest BCUT2D eigenvalue weighted by Crippen LogP contribution is -2.56. The van der Waals surface area contributed by atoms with E-state index in [-0.39, 0.29) is 11.9 Å². The molecule has 7 heteroatoms. The summed E-state index contributed by atoms with van der Waals surface area (Å²) in [5.41, 5.74) is 0. The molecule has 1 N–H and O–H groups in total. The lowest BCUT2D eigenvalue weighted by molar-refractivity contribution is 0.0630. The quantitative estimate of drug-likeness (QED) is 0.932. The Bertz CT molecular complexity index is 582. The number of anilines is 1. The second-order valence-electron chi connectivity index (χ2n) is 4.29. The van der Waals surface area contributed by atoms with E-state index in [0.717, 1.165) is 15.2 Å². The van der Waals surface area contributed by atoms with Gasteiger partial charge in [-0.3, -0.25) is 4.79 Å². The summed E-state index contributed by atoms with van der Waals surface area (Å²) < 4.78 is 0.954. The Balaban J connectivity index is 1.54. The summed E-state index contributed by atoms with van der Waals surface area (Å²) in [5, 5.41) is 12.9. The van der Waals surface area contributed by atoms with Crippen LogP contribution in [0.5, 0.6) is 0 Å². The molecule has 3 rings (SSSR count). The van der Waals surface area contributed by atoms with Gasteiger partial charge in [-0.25, -0.2) is 0 Å². The van der Waals surface area contributed by atoms with Gasteiger partial charge in [0.15, 0.2) is 0 Å². The molecule has 1 fully saturated rings. The summed E-state index contributed by atoms with van der Waals surface area (Å²) in [7, 11) is 0. The normalized spacial score (nSPS) is 15.1. The van der Waals surface area contributed by atoms with E-state index < -0.39 is 0 Å². The van der Waals surface area contributed by atoms with Gasteiger partial charge in [0.25, 0.3) is 5.91 Å². The lowest BCUT2D eigenvalue weighted by atomic mass is 10.1. The highest BCUT2D eigenvalue weighted by Crippen LogP contribution is 2.23. The Hall–Kier alpha value is -1.47. The first-order chi connectivity index (χ1) is 9.22.